The monoisotopic (exact) mass is 419 g/mol. The molecule has 1 saturated heterocycles. The third kappa shape index (κ3) is 4.02. The molecule has 0 spiro atoms. The largest absolute Gasteiger partial charge is 0.545 e. The van der Waals surface area contributed by atoms with Crippen LogP contribution in [0.25, 0.3) is 0 Å². The Labute approximate surface area is 156 Å². The fourth-order valence-electron chi connectivity index (χ4n) is 2.36. The zero-order chi connectivity index (χ0) is 18.0. The van der Waals surface area contributed by atoms with Crippen LogP contribution in [0.4, 0.5) is 10.5 Å². The maximum absolute atomic E-state index is 12.5. The van der Waals surface area contributed by atoms with Crippen LogP contribution in [0.1, 0.15) is 15.9 Å². The molecule has 0 radical (unpaired) electrons. The molecule has 3 rings (SSSR count). The molecule has 0 bridgehead atoms. The van der Waals surface area contributed by atoms with Gasteiger partial charge in [-0.25, -0.2) is 0 Å². The Morgan fingerprint density at radius 2 is 1.92 bits per heavy atom. The summed E-state index contributed by atoms with van der Waals surface area (Å²) in [5.41, 5.74) is 1.28. The van der Waals surface area contributed by atoms with E-state index >= 15 is 0 Å². The number of hydrogen-bond acceptors (Lipinski definition) is 6. The molecular formula is C17H12BrN2O4S-. The van der Waals surface area contributed by atoms with Crippen molar-refractivity contribution in [2.75, 3.05) is 5.32 Å². The number of nitrogens with one attached hydrogen (secondary N) is 1. The molecule has 1 N–H and O–H groups in total. The second-order valence-corrected chi connectivity index (χ2v) is 7.30. The van der Waals surface area contributed by atoms with Crippen LogP contribution >= 0.6 is 27.7 Å². The Morgan fingerprint density at radius 3 is 2.60 bits per heavy atom. The molecule has 0 aromatic heterocycles. The first kappa shape index (κ1) is 17.5. The van der Waals surface area contributed by atoms with Crippen LogP contribution in [-0.2, 0) is 11.3 Å². The lowest BCUT2D eigenvalue weighted by Crippen LogP contribution is -2.34. The fraction of sp³-hybridized carbons (Fsp3) is 0.118. The van der Waals surface area contributed by atoms with Gasteiger partial charge < -0.3 is 15.2 Å². The summed E-state index contributed by atoms with van der Waals surface area (Å²) in [7, 11) is 0. The van der Waals surface area contributed by atoms with E-state index < -0.39 is 11.3 Å². The molecule has 2 amide bonds. The van der Waals surface area contributed by atoms with Gasteiger partial charge >= 0.3 is 0 Å². The van der Waals surface area contributed by atoms with Crippen LogP contribution in [0.15, 0.2) is 53.0 Å². The number of benzene rings is 2. The van der Waals surface area contributed by atoms with Crippen LogP contribution in [-0.4, -0.2) is 27.4 Å². The predicted molar refractivity (Wildman–Crippen MR) is 95.9 cm³/mol. The Morgan fingerprint density at radius 1 is 1.20 bits per heavy atom. The minimum atomic E-state index is -1.30. The number of amides is 2. The third-order valence-corrected chi connectivity index (χ3v) is 5.08. The van der Waals surface area contributed by atoms with E-state index in [0.717, 1.165) is 26.8 Å². The minimum absolute atomic E-state index is 0.00813. The van der Waals surface area contributed by atoms with Gasteiger partial charge in [0.1, 0.15) is 0 Å². The van der Waals surface area contributed by atoms with Gasteiger partial charge in [0.15, 0.2) is 5.37 Å². The second-order valence-electron chi connectivity index (χ2n) is 5.33. The van der Waals surface area contributed by atoms with Crippen molar-refractivity contribution in [1.29, 1.82) is 0 Å². The smallest absolute Gasteiger partial charge is 0.291 e. The van der Waals surface area contributed by atoms with Crippen LogP contribution < -0.4 is 10.4 Å². The molecule has 1 fully saturated rings. The van der Waals surface area contributed by atoms with E-state index in [1.165, 1.54) is 12.1 Å². The van der Waals surface area contributed by atoms with Crippen molar-refractivity contribution in [3.05, 3.63) is 64.1 Å². The number of hydrogen-bond donors (Lipinski definition) is 1. The summed E-state index contributed by atoms with van der Waals surface area (Å²) >= 11 is 4.23. The number of halogens is 1. The Bertz CT molecular complexity index is 841. The fourth-order valence-corrected chi connectivity index (χ4v) is 3.53. The average molecular weight is 420 g/mol. The highest BCUT2D eigenvalue weighted by Gasteiger charge is 2.39. The SMILES string of the molecule is O=C([O-])c1cccc(CN2C(=O)S[C@@H](Nc3ccc(Br)cc3)C2=O)c1. The van der Waals surface area contributed by atoms with E-state index in [1.807, 2.05) is 12.1 Å². The van der Waals surface area contributed by atoms with E-state index in [4.69, 9.17) is 0 Å². The number of thioether (sulfide) groups is 1. The minimum Gasteiger partial charge on any atom is -0.545 e. The van der Waals surface area contributed by atoms with Crippen molar-refractivity contribution in [3.63, 3.8) is 0 Å². The van der Waals surface area contributed by atoms with Crippen LogP contribution in [0.5, 0.6) is 0 Å². The number of carboxylic acid groups (broad SMARTS) is 1. The molecule has 1 aliphatic heterocycles. The first-order valence-corrected chi connectivity index (χ1v) is 8.96. The Kier molecular flexibility index (Phi) is 5.10. The Hall–Kier alpha value is -2.32. The standard InChI is InChI=1S/C17H13BrN2O4S/c18-12-4-6-13(7-5-12)19-14-15(21)20(17(24)25-14)9-10-2-1-3-11(8-10)16(22)23/h1-8,14,19H,9H2,(H,22,23)/p-1/t14-/m1/s1. The summed E-state index contributed by atoms with van der Waals surface area (Å²) in [5, 5.41) is 12.9. The van der Waals surface area contributed by atoms with Crippen LogP contribution in [0.3, 0.4) is 0 Å². The van der Waals surface area contributed by atoms with Crippen molar-refractivity contribution < 1.29 is 19.5 Å². The molecule has 6 nitrogen and oxygen atoms in total. The summed E-state index contributed by atoms with van der Waals surface area (Å²) < 4.78 is 0.911. The van der Waals surface area contributed by atoms with Gasteiger partial charge in [-0.3, -0.25) is 14.5 Å². The van der Waals surface area contributed by atoms with E-state index in [-0.39, 0.29) is 23.3 Å². The summed E-state index contributed by atoms with van der Waals surface area (Å²) in [6, 6.07) is 13.3. The molecule has 2 aromatic rings. The molecule has 25 heavy (non-hydrogen) atoms. The zero-order valence-electron chi connectivity index (χ0n) is 12.8. The number of imide groups is 1. The van der Waals surface area contributed by atoms with Crippen LogP contribution in [0.2, 0.25) is 0 Å². The summed E-state index contributed by atoms with van der Waals surface area (Å²) in [4.78, 5) is 36.7. The van der Waals surface area contributed by atoms with E-state index in [9.17, 15) is 19.5 Å². The number of carbonyl (C=O) groups excluding carboxylic acids is 3. The van der Waals surface area contributed by atoms with Crippen molar-refractivity contribution in [3.8, 4) is 0 Å². The van der Waals surface area contributed by atoms with E-state index in [1.54, 1.807) is 24.3 Å². The molecule has 128 valence electrons. The van der Waals surface area contributed by atoms with Crippen molar-refractivity contribution in [2.24, 2.45) is 0 Å². The lowest BCUT2D eigenvalue weighted by molar-refractivity contribution is -0.255. The number of anilines is 1. The number of rotatable bonds is 5. The number of carbonyl (C=O) groups is 3. The van der Waals surface area contributed by atoms with Gasteiger partial charge in [0.2, 0.25) is 0 Å². The lowest BCUT2D eigenvalue weighted by atomic mass is 10.1. The molecule has 0 unspecified atom stereocenters. The predicted octanol–water partition coefficient (Wildman–Crippen LogP) is 2.45. The summed E-state index contributed by atoms with van der Waals surface area (Å²) in [6.45, 7) is 0.0182. The maximum atomic E-state index is 12.5. The topological polar surface area (TPSA) is 89.5 Å². The second kappa shape index (κ2) is 7.28. The van der Waals surface area contributed by atoms with Gasteiger partial charge in [0.25, 0.3) is 11.1 Å². The van der Waals surface area contributed by atoms with Crippen molar-refractivity contribution in [1.82, 2.24) is 4.90 Å². The number of aromatic carboxylic acids is 1. The van der Waals surface area contributed by atoms with Crippen LogP contribution in [0, 0.1) is 0 Å². The highest BCUT2D eigenvalue weighted by atomic mass is 79.9. The van der Waals surface area contributed by atoms with Gasteiger partial charge in [0.05, 0.1) is 12.5 Å². The number of nitrogens with zero attached hydrogens (tertiary/aromatic N) is 1. The molecule has 8 heteroatoms. The summed E-state index contributed by atoms with van der Waals surface area (Å²) in [5.74, 6) is -1.66. The van der Waals surface area contributed by atoms with Gasteiger partial charge in [-0.2, -0.15) is 0 Å². The highest BCUT2D eigenvalue weighted by Crippen LogP contribution is 2.30. The zero-order valence-corrected chi connectivity index (χ0v) is 15.2. The quantitative estimate of drug-likeness (QED) is 0.800. The highest BCUT2D eigenvalue weighted by molar-refractivity contribution is 9.10. The maximum Gasteiger partial charge on any atom is 0.291 e. The first-order valence-electron chi connectivity index (χ1n) is 7.28. The normalized spacial score (nSPS) is 17.0. The van der Waals surface area contributed by atoms with Crippen molar-refractivity contribution in [2.45, 2.75) is 11.9 Å². The van der Waals surface area contributed by atoms with Crippen molar-refractivity contribution >= 4 is 50.5 Å². The lowest BCUT2D eigenvalue weighted by Gasteiger charge is -2.15. The van der Waals surface area contributed by atoms with E-state index in [0.29, 0.717) is 5.56 Å². The van der Waals surface area contributed by atoms with Gasteiger partial charge in [-0.1, -0.05) is 34.1 Å². The molecule has 2 aromatic carbocycles. The van der Waals surface area contributed by atoms with E-state index in [2.05, 4.69) is 21.2 Å². The molecular weight excluding hydrogens is 408 g/mol. The average Bonchev–Trinajstić information content (AvgIpc) is 2.85. The molecule has 1 aliphatic rings. The summed E-state index contributed by atoms with van der Waals surface area (Å²) in [6.07, 6.45) is 0. The molecule has 0 saturated carbocycles. The third-order valence-electron chi connectivity index (χ3n) is 3.57. The number of carboxylic acids is 1. The molecule has 0 aliphatic carbocycles. The van der Waals surface area contributed by atoms with Gasteiger partial charge in [-0.05, 0) is 53.2 Å². The Balaban J connectivity index is 1.72. The molecule has 1 heterocycles. The van der Waals surface area contributed by atoms with Gasteiger partial charge in [-0.15, -0.1) is 0 Å². The van der Waals surface area contributed by atoms with Gasteiger partial charge in [0, 0.05) is 10.2 Å². The molecule has 1 atom stereocenters. The first-order chi connectivity index (χ1) is 11.9.